The molecule has 0 saturated carbocycles. The molecule has 0 aliphatic heterocycles. The number of aliphatic hydroxyl groups excluding tert-OH is 1. The summed E-state index contributed by atoms with van der Waals surface area (Å²) in [5.74, 6) is 0.225. The molecule has 0 heterocycles. The first kappa shape index (κ1) is 17.6. The molecule has 1 aromatic rings. The van der Waals surface area contributed by atoms with Gasteiger partial charge >= 0.3 is 5.97 Å². The zero-order valence-electron chi connectivity index (χ0n) is 12.5. The van der Waals surface area contributed by atoms with Crippen molar-refractivity contribution in [3.63, 3.8) is 0 Å². The number of hydrogen-bond acceptors (Lipinski definition) is 5. The van der Waals surface area contributed by atoms with Gasteiger partial charge in [0.15, 0.2) is 17.6 Å². The molecule has 0 fully saturated rings. The molecule has 0 spiro atoms. The Morgan fingerprint density at radius 2 is 2.10 bits per heavy atom. The van der Waals surface area contributed by atoms with Crippen LogP contribution in [-0.4, -0.2) is 30.9 Å². The fourth-order valence-electron chi connectivity index (χ4n) is 1.84. The fraction of sp³-hybridized carbons (Fsp3) is 0.533. The monoisotopic (exact) mass is 316 g/mol. The summed E-state index contributed by atoms with van der Waals surface area (Å²) in [6.07, 6.45) is 0.541. The van der Waals surface area contributed by atoms with Crippen LogP contribution in [0, 0.1) is 0 Å². The first-order valence-corrected chi connectivity index (χ1v) is 7.25. The Morgan fingerprint density at radius 1 is 1.38 bits per heavy atom. The predicted octanol–water partition coefficient (Wildman–Crippen LogP) is 2.95. The van der Waals surface area contributed by atoms with Crippen molar-refractivity contribution in [3.05, 3.63) is 22.7 Å². The van der Waals surface area contributed by atoms with Crippen molar-refractivity contribution < 1.29 is 24.1 Å². The fourth-order valence-corrected chi connectivity index (χ4v) is 2.12. The molecule has 5 nitrogen and oxygen atoms in total. The number of methoxy groups -OCH3 is 1. The van der Waals surface area contributed by atoms with Crippen molar-refractivity contribution in [2.75, 3.05) is 13.7 Å². The lowest BCUT2D eigenvalue weighted by Crippen LogP contribution is -2.29. The van der Waals surface area contributed by atoms with Crippen molar-refractivity contribution in [1.29, 1.82) is 0 Å². The Kier molecular flexibility index (Phi) is 7.32. The molecule has 0 saturated heterocycles. The van der Waals surface area contributed by atoms with Crippen LogP contribution in [0.4, 0.5) is 0 Å². The Hall–Kier alpha value is -1.46. The Labute approximate surface area is 129 Å². The van der Waals surface area contributed by atoms with E-state index in [0.29, 0.717) is 17.7 Å². The zero-order chi connectivity index (χ0) is 15.8. The molecule has 0 aliphatic carbocycles. The van der Waals surface area contributed by atoms with Gasteiger partial charge in [0.25, 0.3) is 0 Å². The Bertz CT molecular complexity index is 475. The first-order chi connectivity index (χ1) is 10.1. The zero-order valence-corrected chi connectivity index (χ0v) is 13.3. The van der Waals surface area contributed by atoms with Gasteiger partial charge in [-0.25, -0.2) is 4.79 Å². The molecule has 0 aliphatic rings. The second-order valence-corrected chi connectivity index (χ2v) is 4.82. The largest absolute Gasteiger partial charge is 0.493 e. The Balaban J connectivity index is 3.05. The summed E-state index contributed by atoms with van der Waals surface area (Å²) in [4.78, 5) is 11.9. The maximum Gasteiger partial charge on any atom is 0.347 e. The Morgan fingerprint density at radius 3 is 2.62 bits per heavy atom. The lowest BCUT2D eigenvalue weighted by atomic mass is 10.2. The molecule has 1 N–H and O–H groups in total. The number of carbonyl (C=O) groups excluding carboxylic acids is 1. The van der Waals surface area contributed by atoms with Gasteiger partial charge in [-0.1, -0.05) is 24.9 Å². The minimum atomic E-state index is -0.735. The molecule has 6 heteroatoms. The number of halogens is 1. The normalized spacial score (nSPS) is 11.9. The average Bonchev–Trinajstić information content (AvgIpc) is 2.48. The van der Waals surface area contributed by atoms with Gasteiger partial charge in [0.05, 0.1) is 25.3 Å². The van der Waals surface area contributed by atoms with E-state index in [1.807, 2.05) is 6.92 Å². The van der Waals surface area contributed by atoms with E-state index in [1.54, 1.807) is 19.1 Å². The molecule has 0 aromatic heterocycles. The first-order valence-electron chi connectivity index (χ1n) is 6.87. The summed E-state index contributed by atoms with van der Waals surface area (Å²) in [6.45, 7) is 3.82. The topological polar surface area (TPSA) is 65.0 Å². The van der Waals surface area contributed by atoms with Crippen molar-refractivity contribution >= 4 is 17.6 Å². The average molecular weight is 317 g/mol. The van der Waals surface area contributed by atoms with E-state index < -0.39 is 12.1 Å². The lowest BCUT2D eigenvalue weighted by Gasteiger charge is -2.20. The molecule has 0 radical (unpaired) electrons. The quantitative estimate of drug-likeness (QED) is 0.747. The van der Waals surface area contributed by atoms with Crippen LogP contribution in [0.1, 0.15) is 32.3 Å². The van der Waals surface area contributed by atoms with Gasteiger partial charge in [0.2, 0.25) is 0 Å². The molecule has 0 bridgehead atoms. The van der Waals surface area contributed by atoms with Crippen LogP contribution in [0.15, 0.2) is 12.1 Å². The maximum absolute atomic E-state index is 11.9. The third-order valence-corrected chi connectivity index (χ3v) is 3.11. The molecule has 1 aromatic carbocycles. The molecular formula is C15H21ClO5. The summed E-state index contributed by atoms with van der Waals surface area (Å²) in [5, 5.41) is 9.45. The van der Waals surface area contributed by atoms with Crippen molar-refractivity contribution in [2.24, 2.45) is 0 Å². The predicted molar refractivity (Wildman–Crippen MR) is 79.9 cm³/mol. The van der Waals surface area contributed by atoms with E-state index in [-0.39, 0.29) is 24.0 Å². The van der Waals surface area contributed by atoms with E-state index in [9.17, 15) is 4.79 Å². The summed E-state index contributed by atoms with van der Waals surface area (Å²) >= 11 is 6.15. The van der Waals surface area contributed by atoms with Crippen molar-refractivity contribution in [3.8, 4) is 11.5 Å². The molecule has 1 unspecified atom stereocenters. The van der Waals surface area contributed by atoms with Crippen LogP contribution in [0.25, 0.3) is 0 Å². The smallest absolute Gasteiger partial charge is 0.347 e. The minimum absolute atomic E-state index is 0.160. The van der Waals surface area contributed by atoms with Crippen molar-refractivity contribution in [2.45, 2.75) is 39.4 Å². The van der Waals surface area contributed by atoms with E-state index in [2.05, 4.69) is 0 Å². The summed E-state index contributed by atoms with van der Waals surface area (Å²) in [6, 6.07) is 3.20. The SMILES string of the molecule is CCCC(Oc1c(Cl)cc(CO)cc1OC)C(=O)OCC. The van der Waals surface area contributed by atoms with Crippen LogP contribution >= 0.6 is 11.6 Å². The van der Waals surface area contributed by atoms with Gasteiger partial charge in [-0.05, 0) is 31.0 Å². The van der Waals surface area contributed by atoms with Crippen LogP contribution in [0.3, 0.4) is 0 Å². The van der Waals surface area contributed by atoms with Crippen LogP contribution in [-0.2, 0) is 16.1 Å². The van der Waals surface area contributed by atoms with Gasteiger partial charge in [-0.2, -0.15) is 0 Å². The van der Waals surface area contributed by atoms with Gasteiger partial charge < -0.3 is 19.3 Å². The van der Waals surface area contributed by atoms with Crippen LogP contribution < -0.4 is 9.47 Å². The third kappa shape index (κ3) is 4.79. The summed E-state index contributed by atoms with van der Waals surface area (Å²) in [5.41, 5.74) is 0.604. The van der Waals surface area contributed by atoms with E-state index in [4.69, 9.17) is 30.9 Å². The maximum atomic E-state index is 11.9. The van der Waals surface area contributed by atoms with Gasteiger partial charge in [-0.3, -0.25) is 0 Å². The summed E-state index contributed by atoms with van der Waals surface area (Å²) in [7, 11) is 1.47. The number of hydrogen-bond donors (Lipinski definition) is 1. The second-order valence-electron chi connectivity index (χ2n) is 4.41. The number of aliphatic hydroxyl groups is 1. The van der Waals surface area contributed by atoms with E-state index >= 15 is 0 Å². The third-order valence-electron chi connectivity index (χ3n) is 2.83. The highest BCUT2D eigenvalue weighted by molar-refractivity contribution is 6.32. The molecular weight excluding hydrogens is 296 g/mol. The van der Waals surface area contributed by atoms with Crippen molar-refractivity contribution in [1.82, 2.24) is 0 Å². The molecule has 21 heavy (non-hydrogen) atoms. The van der Waals surface area contributed by atoms with Crippen LogP contribution in [0.5, 0.6) is 11.5 Å². The molecule has 1 rings (SSSR count). The van der Waals surface area contributed by atoms with E-state index in [1.165, 1.54) is 7.11 Å². The number of benzene rings is 1. The van der Waals surface area contributed by atoms with Gasteiger partial charge in [0.1, 0.15) is 0 Å². The van der Waals surface area contributed by atoms with Crippen LogP contribution in [0.2, 0.25) is 5.02 Å². The highest BCUT2D eigenvalue weighted by atomic mass is 35.5. The lowest BCUT2D eigenvalue weighted by molar-refractivity contribution is -0.151. The van der Waals surface area contributed by atoms with Gasteiger partial charge in [-0.15, -0.1) is 0 Å². The number of ether oxygens (including phenoxy) is 3. The van der Waals surface area contributed by atoms with Gasteiger partial charge in [0, 0.05) is 0 Å². The standard InChI is InChI=1S/C15H21ClO5/c1-4-6-12(15(18)20-5-2)21-14-11(16)7-10(9-17)8-13(14)19-3/h7-8,12,17H,4-6,9H2,1-3H3. The van der Waals surface area contributed by atoms with E-state index in [0.717, 1.165) is 6.42 Å². The summed E-state index contributed by atoms with van der Waals surface area (Å²) < 4.78 is 15.9. The highest BCUT2D eigenvalue weighted by Crippen LogP contribution is 2.37. The molecule has 0 amide bonds. The molecule has 1 atom stereocenters. The molecule has 118 valence electrons. The minimum Gasteiger partial charge on any atom is -0.493 e. The number of rotatable bonds is 8. The number of carbonyl (C=O) groups is 1. The highest BCUT2D eigenvalue weighted by Gasteiger charge is 2.24. The number of esters is 1. The second kappa shape index (κ2) is 8.74.